The highest BCUT2D eigenvalue weighted by molar-refractivity contribution is 6.31. The number of methoxy groups -OCH3 is 1. The summed E-state index contributed by atoms with van der Waals surface area (Å²) in [7, 11) is 1.65. The summed E-state index contributed by atoms with van der Waals surface area (Å²) in [6.45, 7) is 6.53. The first-order chi connectivity index (χ1) is 9.86. The third-order valence-corrected chi connectivity index (χ3v) is 4.04. The summed E-state index contributed by atoms with van der Waals surface area (Å²) in [5.74, 6) is 0.526. The van der Waals surface area contributed by atoms with Gasteiger partial charge in [0.2, 0.25) is 0 Å². The zero-order valence-electron chi connectivity index (χ0n) is 12.5. The number of imidazole rings is 1. The van der Waals surface area contributed by atoms with Crippen LogP contribution in [0.2, 0.25) is 5.02 Å². The minimum absolute atomic E-state index is 0.0248. The second-order valence-electron chi connectivity index (χ2n) is 5.48. The van der Waals surface area contributed by atoms with Gasteiger partial charge in [-0.3, -0.25) is 0 Å². The number of rotatable bonds is 5. The largest absolute Gasteiger partial charge is 0.383 e. The summed E-state index contributed by atoms with van der Waals surface area (Å²) in [5.41, 5.74) is 1.33. The first-order valence-corrected chi connectivity index (χ1v) is 7.68. The minimum Gasteiger partial charge on any atom is -0.383 e. The van der Waals surface area contributed by atoms with Crippen LogP contribution in [0.3, 0.4) is 0 Å². The van der Waals surface area contributed by atoms with Crippen LogP contribution in [0.5, 0.6) is 0 Å². The van der Waals surface area contributed by atoms with Crippen molar-refractivity contribution < 1.29 is 9.13 Å². The van der Waals surface area contributed by atoms with Gasteiger partial charge in [-0.05, 0) is 18.9 Å². The Hall–Kier alpha value is -0.840. The molecule has 0 radical (unpaired) electrons. The second kappa shape index (κ2) is 6.51. The second-order valence-corrected chi connectivity index (χ2v) is 6.54. The van der Waals surface area contributed by atoms with E-state index in [0.29, 0.717) is 23.5 Å². The molecule has 1 aromatic heterocycles. The van der Waals surface area contributed by atoms with Crippen LogP contribution in [0.15, 0.2) is 12.1 Å². The topological polar surface area (TPSA) is 27.1 Å². The van der Waals surface area contributed by atoms with E-state index in [9.17, 15) is 4.39 Å². The van der Waals surface area contributed by atoms with Crippen LogP contribution in [-0.4, -0.2) is 23.3 Å². The van der Waals surface area contributed by atoms with Crippen LogP contribution >= 0.6 is 23.2 Å². The van der Waals surface area contributed by atoms with Gasteiger partial charge in [-0.1, -0.05) is 25.4 Å². The Morgan fingerprint density at radius 2 is 2.00 bits per heavy atom. The molecule has 2 aromatic rings. The molecule has 116 valence electrons. The summed E-state index contributed by atoms with van der Waals surface area (Å²) >= 11 is 12.1. The Kier molecular flexibility index (Phi) is 5.12. The Balaban J connectivity index is 2.73. The number of benzene rings is 1. The Morgan fingerprint density at radius 1 is 1.33 bits per heavy atom. The first kappa shape index (κ1) is 16.5. The fraction of sp³-hybridized carbons (Fsp3) is 0.533. The molecular formula is C15H19Cl2FN2O. The Labute approximate surface area is 134 Å². The van der Waals surface area contributed by atoms with Gasteiger partial charge in [-0.15, -0.1) is 11.6 Å². The van der Waals surface area contributed by atoms with Gasteiger partial charge in [0.05, 0.1) is 34.1 Å². The molecule has 0 aliphatic rings. The Morgan fingerprint density at radius 3 is 2.52 bits per heavy atom. The molecule has 0 spiro atoms. The van der Waals surface area contributed by atoms with Crippen LogP contribution in [0.4, 0.5) is 4.39 Å². The molecule has 0 aliphatic heterocycles. The lowest BCUT2D eigenvalue weighted by Gasteiger charge is -2.25. The molecule has 0 aliphatic carbocycles. The van der Waals surface area contributed by atoms with Crippen LogP contribution in [-0.2, 0) is 4.74 Å². The number of fused-ring (bicyclic) bond motifs is 1. The molecule has 2 rings (SSSR count). The molecule has 0 bridgehead atoms. The van der Waals surface area contributed by atoms with Crippen molar-refractivity contribution >= 4 is 34.2 Å². The highest BCUT2D eigenvalue weighted by atomic mass is 35.5. The summed E-state index contributed by atoms with van der Waals surface area (Å²) in [6, 6.07) is 2.98. The first-order valence-electron chi connectivity index (χ1n) is 6.86. The van der Waals surface area contributed by atoms with Crippen molar-refractivity contribution in [3.05, 3.63) is 28.8 Å². The average Bonchev–Trinajstić information content (AvgIpc) is 2.75. The highest BCUT2D eigenvalue weighted by Gasteiger charge is 2.25. The van der Waals surface area contributed by atoms with E-state index in [-0.39, 0.29) is 22.4 Å². The third-order valence-electron chi connectivity index (χ3n) is 3.55. The molecule has 0 fully saturated rings. The maximum Gasteiger partial charge on any atom is 0.144 e. The third kappa shape index (κ3) is 3.17. The number of halogens is 3. The van der Waals surface area contributed by atoms with Crippen molar-refractivity contribution in [3.8, 4) is 0 Å². The molecular weight excluding hydrogens is 314 g/mol. The van der Waals surface area contributed by atoms with Gasteiger partial charge < -0.3 is 9.30 Å². The molecule has 0 saturated heterocycles. The predicted octanol–water partition coefficient (Wildman–Crippen LogP) is 4.97. The van der Waals surface area contributed by atoms with Crippen LogP contribution in [0, 0.1) is 11.7 Å². The van der Waals surface area contributed by atoms with Crippen LogP contribution in [0.1, 0.15) is 38.0 Å². The number of nitrogens with zero attached hydrogens (tertiary/aromatic N) is 2. The smallest absolute Gasteiger partial charge is 0.144 e. The quantitative estimate of drug-likeness (QED) is 0.722. The van der Waals surface area contributed by atoms with E-state index >= 15 is 0 Å². The van der Waals surface area contributed by atoms with Crippen molar-refractivity contribution in [3.63, 3.8) is 0 Å². The van der Waals surface area contributed by atoms with Crippen molar-refractivity contribution in [1.82, 2.24) is 9.55 Å². The molecule has 0 saturated carbocycles. The monoisotopic (exact) mass is 332 g/mol. The van der Waals surface area contributed by atoms with E-state index in [1.54, 1.807) is 7.11 Å². The van der Waals surface area contributed by atoms with Gasteiger partial charge >= 0.3 is 0 Å². The van der Waals surface area contributed by atoms with Gasteiger partial charge in [0.1, 0.15) is 11.6 Å². The van der Waals surface area contributed by atoms with E-state index in [1.807, 2.05) is 11.5 Å². The van der Waals surface area contributed by atoms with Gasteiger partial charge in [0.15, 0.2) is 0 Å². The lowest BCUT2D eigenvalue weighted by molar-refractivity contribution is 0.133. The molecule has 1 aromatic carbocycles. The fourth-order valence-corrected chi connectivity index (χ4v) is 2.79. The zero-order chi connectivity index (χ0) is 15.7. The summed E-state index contributed by atoms with van der Waals surface area (Å²) < 4.78 is 21.1. The molecule has 6 heteroatoms. The minimum atomic E-state index is -0.459. The number of ether oxygens (including phenoxy) is 1. The lowest BCUT2D eigenvalue weighted by Crippen LogP contribution is -2.22. The lowest BCUT2D eigenvalue weighted by atomic mass is 10.0. The number of hydrogen-bond acceptors (Lipinski definition) is 2. The summed E-state index contributed by atoms with van der Waals surface area (Å²) in [5, 5.41) is -0.230. The average molecular weight is 333 g/mol. The molecule has 21 heavy (non-hydrogen) atoms. The molecule has 2 unspecified atom stereocenters. The van der Waals surface area contributed by atoms with Crippen LogP contribution in [0.25, 0.3) is 11.0 Å². The van der Waals surface area contributed by atoms with E-state index in [2.05, 4.69) is 18.8 Å². The van der Waals surface area contributed by atoms with Crippen molar-refractivity contribution in [1.29, 1.82) is 0 Å². The van der Waals surface area contributed by atoms with Gasteiger partial charge in [0.25, 0.3) is 0 Å². The van der Waals surface area contributed by atoms with Gasteiger partial charge in [-0.25, -0.2) is 9.37 Å². The zero-order valence-corrected chi connectivity index (χ0v) is 14.0. The molecule has 3 nitrogen and oxygen atoms in total. The maximum atomic E-state index is 13.9. The van der Waals surface area contributed by atoms with E-state index in [0.717, 1.165) is 0 Å². The fourth-order valence-electron chi connectivity index (χ4n) is 2.47. The highest BCUT2D eigenvalue weighted by Crippen LogP contribution is 2.33. The number of hydrogen-bond donors (Lipinski definition) is 0. The van der Waals surface area contributed by atoms with Crippen molar-refractivity contribution in [2.24, 2.45) is 5.92 Å². The molecule has 0 amide bonds. The molecule has 0 N–H and O–H groups in total. The molecule has 2 atom stereocenters. The van der Waals surface area contributed by atoms with Crippen molar-refractivity contribution in [2.75, 3.05) is 13.7 Å². The van der Waals surface area contributed by atoms with E-state index < -0.39 is 5.82 Å². The van der Waals surface area contributed by atoms with Gasteiger partial charge in [-0.2, -0.15) is 0 Å². The SMILES string of the molecule is COCC(C(C)C)n1c(C(C)Cl)nc2cc(Cl)c(F)cc21. The van der Waals surface area contributed by atoms with Gasteiger partial charge in [0, 0.05) is 13.2 Å². The number of aromatic nitrogens is 2. The van der Waals surface area contributed by atoms with E-state index in [4.69, 9.17) is 27.9 Å². The standard InChI is InChI=1S/C15H19Cl2FN2O/c1-8(2)14(7-21-4)20-13-6-11(18)10(17)5-12(13)19-15(20)9(3)16/h5-6,8-9,14H,7H2,1-4H3. The predicted molar refractivity (Wildman–Crippen MR) is 84.7 cm³/mol. The molecule has 1 heterocycles. The summed E-state index contributed by atoms with van der Waals surface area (Å²) in [4.78, 5) is 4.52. The number of alkyl halides is 1. The maximum absolute atomic E-state index is 13.9. The van der Waals surface area contributed by atoms with Crippen LogP contribution < -0.4 is 0 Å². The Bertz CT molecular complexity index is 640. The van der Waals surface area contributed by atoms with Crippen molar-refractivity contribution in [2.45, 2.75) is 32.2 Å². The van der Waals surface area contributed by atoms with E-state index in [1.165, 1.54) is 12.1 Å². The summed E-state index contributed by atoms with van der Waals surface area (Å²) in [6.07, 6.45) is 0. The normalized spacial score (nSPS) is 14.9.